The minimum atomic E-state index is -0.505. The minimum absolute atomic E-state index is 0.0221. The summed E-state index contributed by atoms with van der Waals surface area (Å²) in [6.07, 6.45) is 3.95. The first-order chi connectivity index (χ1) is 16.2. The molecule has 0 aliphatic carbocycles. The summed E-state index contributed by atoms with van der Waals surface area (Å²) < 4.78 is 0.453. The highest BCUT2D eigenvalue weighted by Crippen LogP contribution is 2.33. The fourth-order valence-electron chi connectivity index (χ4n) is 3.16. The normalized spacial score (nSPS) is 14.5. The Balaban J connectivity index is 1.41. The maximum absolute atomic E-state index is 12.7. The van der Waals surface area contributed by atoms with Crippen LogP contribution in [0.4, 0.5) is 17.1 Å². The number of carbonyl (C=O) groups excluding carboxylic acids is 2. The fraction of sp³-hybridized carbons (Fsp3) is 0.227. The van der Waals surface area contributed by atoms with Crippen molar-refractivity contribution in [3.8, 4) is 0 Å². The van der Waals surface area contributed by atoms with E-state index >= 15 is 0 Å². The molecular formula is C22H20N4O6S2. The lowest BCUT2D eigenvalue weighted by molar-refractivity contribution is -0.385. The van der Waals surface area contributed by atoms with Gasteiger partial charge in [-0.2, -0.15) is 0 Å². The number of hydrogen-bond donors (Lipinski definition) is 1. The number of anilines is 1. The zero-order valence-corrected chi connectivity index (χ0v) is 19.5. The molecular weight excluding hydrogens is 480 g/mol. The predicted octanol–water partition coefficient (Wildman–Crippen LogP) is 4.90. The summed E-state index contributed by atoms with van der Waals surface area (Å²) >= 11 is 6.50. The van der Waals surface area contributed by atoms with Gasteiger partial charge in [0.1, 0.15) is 4.32 Å². The van der Waals surface area contributed by atoms with Crippen LogP contribution in [-0.4, -0.2) is 37.4 Å². The summed E-state index contributed by atoms with van der Waals surface area (Å²) in [5.74, 6) is -0.394. The van der Waals surface area contributed by atoms with Gasteiger partial charge in [-0.05, 0) is 48.7 Å². The van der Waals surface area contributed by atoms with Crippen molar-refractivity contribution < 1.29 is 19.4 Å². The number of nitro benzene ring substituents is 2. The second kappa shape index (κ2) is 11.5. The molecule has 0 saturated carbocycles. The molecule has 0 spiro atoms. The summed E-state index contributed by atoms with van der Waals surface area (Å²) in [7, 11) is 0. The Labute approximate surface area is 204 Å². The van der Waals surface area contributed by atoms with Gasteiger partial charge < -0.3 is 5.32 Å². The van der Waals surface area contributed by atoms with Gasteiger partial charge in [-0.25, -0.2) is 0 Å². The Morgan fingerprint density at radius 2 is 1.56 bits per heavy atom. The third-order valence-corrected chi connectivity index (χ3v) is 6.30. The first-order valence-corrected chi connectivity index (χ1v) is 11.5. The Kier molecular flexibility index (Phi) is 8.44. The van der Waals surface area contributed by atoms with Gasteiger partial charge in [-0.15, -0.1) is 0 Å². The number of amides is 2. The van der Waals surface area contributed by atoms with Crippen molar-refractivity contribution in [2.24, 2.45) is 0 Å². The van der Waals surface area contributed by atoms with Gasteiger partial charge in [0.15, 0.2) is 0 Å². The topological polar surface area (TPSA) is 136 Å². The van der Waals surface area contributed by atoms with E-state index in [1.807, 2.05) is 0 Å². The molecule has 10 nitrogen and oxygen atoms in total. The van der Waals surface area contributed by atoms with Gasteiger partial charge in [0, 0.05) is 42.9 Å². The maximum Gasteiger partial charge on any atom is 0.269 e. The lowest BCUT2D eigenvalue weighted by Crippen LogP contribution is -2.29. The van der Waals surface area contributed by atoms with Crippen molar-refractivity contribution in [1.29, 1.82) is 0 Å². The Morgan fingerprint density at radius 1 is 0.971 bits per heavy atom. The number of nitrogens with one attached hydrogen (secondary N) is 1. The molecule has 3 rings (SSSR count). The summed E-state index contributed by atoms with van der Waals surface area (Å²) in [6.45, 7) is 0.437. The number of hydrogen-bond acceptors (Lipinski definition) is 8. The smallest absolute Gasteiger partial charge is 0.269 e. The van der Waals surface area contributed by atoms with Crippen molar-refractivity contribution in [2.45, 2.75) is 25.7 Å². The van der Waals surface area contributed by atoms with Crippen molar-refractivity contribution in [1.82, 2.24) is 4.90 Å². The number of unbranched alkanes of at least 4 members (excludes halogenated alkanes) is 2. The molecule has 2 aromatic rings. The highest BCUT2D eigenvalue weighted by Gasteiger charge is 2.31. The second-order valence-electron chi connectivity index (χ2n) is 7.34. The molecule has 176 valence electrons. The van der Waals surface area contributed by atoms with Crippen molar-refractivity contribution in [3.05, 3.63) is 79.2 Å². The van der Waals surface area contributed by atoms with Gasteiger partial charge in [0.25, 0.3) is 17.3 Å². The first-order valence-electron chi connectivity index (χ1n) is 10.3. The molecule has 0 unspecified atom stereocenters. The zero-order chi connectivity index (χ0) is 24.7. The Bertz CT molecular complexity index is 1150. The summed E-state index contributed by atoms with van der Waals surface area (Å²) in [5, 5.41) is 24.1. The third-order valence-electron chi connectivity index (χ3n) is 4.92. The molecule has 1 aliphatic heterocycles. The van der Waals surface area contributed by atoms with E-state index in [4.69, 9.17) is 12.2 Å². The van der Waals surface area contributed by atoms with E-state index < -0.39 is 9.85 Å². The predicted molar refractivity (Wildman–Crippen MR) is 133 cm³/mol. The lowest BCUT2D eigenvalue weighted by Gasteiger charge is -2.14. The van der Waals surface area contributed by atoms with Gasteiger partial charge in [-0.1, -0.05) is 30.4 Å². The second-order valence-corrected chi connectivity index (χ2v) is 9.02. The average Bonchev–Trinajstić information content (AvgIpc) is 3.06. The maximum atomic E-state index is 12.7. The van der Waals surface area contributed by atoms with Crippen LogP contribution in [0.1, 0.15) is 31.2 Å². The molecule has 12 heteroatoms. The van der Waals surface area contributed by atoms with Gasteiger partial charge in [-0.3, -0.25) is 34.7 Å². The van der Waals surface area contributed by atoms with Crippen LogP contribution in [-0.2, 0) is 9.59 Å². The zero-order valence-electron chi connectivity index (χ0n) is 17.8. The number of nitro groups is 2. The van der Waals surface area contributed by atoms with Crippen LogP contribution in [0.5, 0.6) is 0 Å². The van der Waals surface area contributed by atoms with E-state index in [1.165, 1.54) is 53.1 Å². The molecule has 0 bridgehead atoms. The lowest BCUT2D eigenvalue weighted by atomic mass is 10.1. The van der Waals surface area contributed by atoms with Crippen molar-refractivity contribution in [2.75, 3.05) is 11.9 Å². The SMILES string of the molecule is O=C(CCCCCN1C(=O)/C(=C/c2ccc([N+](=O)[O-])cc2)SC1=S)Nc1ccc([N+](=O)[O-])cc1. The minimum Gasteiger partial charge on any atom is -0.326 e. The number of rotatable bonds is 10. The molecule has 1 saturated heterocycles. The first kappa shape index (κ1) is 25.0. The molecule has 1 fully saturated rings. The standard InChI is InChI=1S/C22H20N4O6S2/c27-20(23-16-7-11-18(12-8-16)26(31)32)4-2-1-3-13-24-21(28)19(34-22(24)33)14-15-5-9-17(10-6-15)25(29)30/h5-12,14H,1-4,13H2,(H,23,27)/b19-14-. The molecule has 1 N–H and O–H groups in total. The van der Waals surface area contributed by atoms with Crippen LogP contribution in [0.25, 0.3) is 6.08 Å². The average molecular weight is 501 g/mol. The van der Waals surface area contributed by atoms with Gasteiger partial charge in [0.05, 0.1) is 14.8 Å². The summed E-state index contributed by atoms with van der Waals surface area (Å²) in [4.78, 5) is 47.1. The molecule has 2 amide bonds. The third kappa shape index (κ3) is 6.68. The fourth-order valence-corrected chi connectivity index (χ4v) is 4.47. The van der Waals surface area contributed by atoms with Crippen LogP contribution in [0, 0.1) is 20.2 Å². The molecule has 0 aromatic heterocycles. The van der Waals surface area contributed by atoms with E-state index in [2.05, 4.69) is 5.32 Å². The van der Waals surface area contributed by atoms with Gasteiger partial charge in [0.2, 0.25) is 5.91 Å². The molecule has 0 atom stereocenters. The molecule has 34 heavy (non-hydrogen) atoms. The number of nitrogens with zero attached hydrogens (tertiary/aromatic N) is 3. The largest absolute Gasteiger partial charge is 0.326 e. The summed E-state index contributed by atoms with van der Waals surface area (Å²) in [5.41, 5.74) is 1.10. The van der Waals surface area contributed by atoms with Crippen LogP contribution in [0.2, 0.25) is 0 Å². The van der Waals surface area contributed by atoms with Crippen molar-refractivity contribution >= 4 is 63.3 Å². The van der Waals surface area contributed by atoms with E-state index in [9.17, 15) is 29.8 Å². The molecule has 1 aliphatic rings. The van der Waals surface area contributed by atoms with E-state index in [1.54, 1.807) is 18.2 Å². The van der Waals surface area contributed by atoms with Crippen LogP contribution in [0.15, 0.2) is 53.4 Å². The molecule has 1 heterocycles. The highest BCUT2D eigenvalue weighted by atomic mass is 32.2. The Morgan fingerprint density at radius 3 is 2.15 bits per heavy atom. The number of thioether (sulfide) groups is 1. The highest BCUT2D eigenvalue weighted by molar-refractivity contribution is 8.26. The molecule has 0 radical (unpaired) electrons. The van der Waals surface area contributed by atoms with E-state index in [0.717, 1.165) is 0 Å². The van der Waals surface area contributed by atoms with Crippen LogP contribution >= 0.6 is 24.0 Å². The quantitative estimate of drug-likeness (QED) is 0.160. The number of non-ortho nitro benzene ring substituents is 2. The van der Waals surface area contributed by atoms with Crippen molar-refractivity contribution in [3.63, 3.8) is 0 Å². The number of carbonyl (C=O) groups is 2. The van der Waals surface area contributed by atoms with Gasteiger partial charge >= 0.3 is 0 Å². The van der Waals surface area contributed by atoms with Crippen LogP contribution < -0.4 is 5.32 Å². The molecule has 2 aromatic carbocycles. The summed E-state index contributed by atoms with van der Waals surface area (Å²) in [6, 6.07) is 11.5. The number of thiocarbonyl (C=S) groups is 1. The Hall–Kier alpha value is -3.64. The van der Waals surface area contributed by atoms with E-state index in [0.29, 0.717) is 46.3 Å². The van der Waals surface area contributed by atoms with E-state index in [-0.39, 0.29) is 29.6 Å². The monoisotopic (exact) mass is 500 g/mol. The number of benzene rings is 2. The van der Waals surface area contributed by atoms with Crippen LogP contribution in [0.3, 0.4) is 0 Å².